The van der Waals surface area contributed by atoms with E-state index in [1.54, 1.807) is 0 Å². The van der Waals surface area contributed by atoms with Crippen molar-refractivity contribution < 1.29 is 0 Å². The van der Waals surface area contributed by atoms with Crippen molar-refractivity contribution in [2.75, 3.05) is 0 Å². The highest BCUT2D eigenvalue weighted by Gasteiger charge is 2.08. The Morgan fingerprint density at radius 1 is 0.760 bits per heavy atom. The number of fused-ring (bicyclic) bond motifs is 2. The van der Waals surface area contributed by atoms with Crippen LogP contribution in [-0.4, -0.2) is 9.55 Å². The summed E-state index contributed by atoms with van der Waals surface area (Å²) in [4.78, 5) is 3.27. The molecule has 0 amide bonds. The molecule has 0 aliphatic rings. The average molecular weight is 332 g/mol. The summed E-state index contributed by atoms with van der Waals surface area (Å²) in [5, 5.41) is 2.74. The van der Waals surface area contributed by atoms with Gasteiger partial charge in [-0.3, -0.25) is 0 Å². The van der Waals surface area contributed by atoms with E-state index in [2.05, 4.69) is 105 Å². The highest BCUT2D eigenvalue weighted by molar-refractivity contribution is 5.84. The number of hydrogen-bond donors (Lipinski definition) is 1. The maximum absolute atomic E-state index is 3.27. The Labute approximate surface area is 150 Å². The molecule has 2 heteroatoms. The van der Waals surface area contributed by atoms with Gasteiger partial charge in [0, 0.05) is 41.2 Å². The second-order valence-corrected chi connectivity index (χ2v) is 7.31. The quantitative estimate of drug-likeness (QED) is 0.427. The number of benzene rings is 2. The van der Waals surface area contributed by atoms with Crippen molar-refractivity contribution >= 4 is 21.8 Å². The first kappa shape index (κ1) is 17.3. The largest absolute Gasteiger partial charge is 0.361 e. The molecule has 2 nitrogen and oxygen atoms in total. The van der Waals surface area contributed by atoms with Crippen LogP contribution in [0.15, 0.2) is 60.9 Å². The number of H-pyrrole nitrogens is 1. The Kier molecular flexibility index (Phi) is 4.98. The van der Waals surface area contributed by atoms with Crippen molar-refractivity contribution in [1.29, 1.82) is 0 Å². The summed E-state index contributed by atoms with van der Waals surface area (Å²) in [5.74, 6) is 1.20. The lowest BCUT2D eigenvalue weighted by Gasteiger charge is -2.00. The van der Waals surface area contributed by atoms with Crippen LogP contribution < -0.4 is 0 Å². The van der Waals surface area contributed by atoms with E-state index in [0.717, 1.165) is 0 Å². The molecule has 0 aliphatic carbocycles. The van der Waals surface area contributed by atoms with Crippen LogP contribution in [0.3, 0.4) is 0 Å². The zero-order chi connectivity index (χ0) is 18.0. The number of nitrogens with one attached hydrogen (secondary N) is 1. The molecule has 0 unspecified atom stereocenters. The molecule has 130 valence electrons. The Balaban J connectivity index is 0.000000146. The maximum atomic E-state index is 3.27. The first-order valence-corrected chi connectivity index (χ1v) is 9.09. The molecule has 0 aliphatic heterocycles. The number of aryl methyl sites for hydroxylation is 1. The normalized spacial score (nSPS) is 11.3. The Hall–Kier alpha value is -2.48. The van der Waals surface area contributed by atoms with Crippen molar-refractivity contribution in [2.24, 2.45) is 7.05 Å². The average Bonchev–Trinajstić information content (AvgIpc) is 3.18. The van der Waals surface area contributed by atoms with Gasteiger partial charge in [-0.05, 0) is 35.1 Å². The fraction of sp³-hybridized carbons (Fsp3) is 0.304. The van der Waals surface area contributed by atoms with E-state index in [9.17, 15) is 0 Å². The van der Waals surface area contributed by atoms with E-state index in [0.29, 0.717) is 11.8 Å². The third-order valence-corrected chi connectivity index (χ3v) is 4.79. The van der Waals surface area contributed by atoms with E-state index in [4.69, 9.17) is 0 Å². The van der Waals surface area contributed by atoms with Gasteiger partial charge in [-0.25, -0.2) is 0 Å². The van der Waals surface area contributed by atoms with Crippen molar-refractivity contribution in [3.05, 3.63) is 72.1 Å². The van der Waals surface area contributed by atoms with Crippen LogP contribution in [-0.2, 0) is 7.05 Å². The van der Waals surface area contributed by atoms with Crippen LogP contribution in [0.2, 0.25) is 0 Å². The first-order chi connectivity index (χ1) is 12.0. The molecule has 2 aromatic carbocycles. The molecule has 25 heavy (non-hydrogen) atoms. The zero-order valence-corrected chi connectivity index (χ0v) is 15.9. The number of hydrogen-bond acceptors (Lipinski definition) is 0. The number of rotatable bonds is 2. The summed E-state index contributed by atoms with van der Waals surface area (Å²) in [6.45, 7) is 8.91. The summed E-state index contributed by atoms with van der Waals surface area (Å²) in [7, 11) is 2.11. The summed E-state index contributed by atoms with van der Waals surface area (Å²) in [5.41, 5.74) is 5.41. The number of aromatic amines is 1. The van der Waals surface area contributed by atoms with Crippen LogP contribution in [0.4, 0.5) is 0 Å². The monoisotopic (exact) mass is 332 g/mol. The van der Waals surface area contributed by atoms with Gasteiger partial charge in [-0.2, -0.15) is 0 Å². The minimum atomic E-state index is 0.598. The smallest absolute Gasteiger partial charge is 0.0480 e. The van der Waals surface area contributed by atoms with Crippen LogP contribution in [0.5, 0.6) is 0 Å². The van der Waals surface area contributed by atoms with E-state index >= 15 is 0 Å². The summed E-state index contributed by atoms with van der Waals surface area (Å²) in [6, 6.07) is 17.0. The molecule has 0 saturated heterocycles. The van der Waals surface area contributed by atoms with Gasteiger partial charge in [-0.15, -0.1) is 0 Å². The van der Waals surface area contributed by atoms with Gasteiger partial charge in [0.15, 0.2) is 0 Å². The number of nitrogens with zero attached hydrogens (tertiary/aromatic N) is 1. The van der Waals surface area contributed by atoms with Crippen LogP contribution in [0, 0.1) is 0 Å². The third kappa shape index (κ3) is 3.48. The Morgan fingerprint density at radius 3 is 2.04 bits per heavy atom. The number of para-hydroxylation sites is 2. The second kappa shape index (κ2) is 7.18. The third-order valence-electron chi connectivity index (χ3n) is 4.79. The van der Waals surface area contributed by atoms with Gasteiger partial charge < -0.3 is 9.55 Å². The van der Waals surface area contributed by atoms with Crippen LogP contribution in [0.25, 0.3) is 21.8 Å². The molecule has 0 saturated carbocycles. The predicted octanol–water partition coefficient (Wildman–Crippen LogP) is 6.59. The molecule has 1 N–H and O–H groups in total. The molecule has 0 fully saturated rings. The molecular formula is C23H28N2. The summed E-state index contributed by atoms with van der Waals surface area (Å²) < 4.78 is 2.20. The van der Waals surface area contributed by atoms with Gasteiger partial charge >= 0.3 is 0 Å². The van der Waals surface area contributed by atoms with Crippen LogP contribution >= 0.6 is 0 Å². The van der Waals surface area contributed by atoms with E-state index < -0.39 is 0 Å². The summed E-state index contributed by atoms with van der Waals surface area (Å²) in [6.07, 6.45) is 4.34. The minimum absolute atomic E-state index is 0.598. The number of aromatic nitrogens is 2. The zero-order valence-electron chi connectivity index (χ0n) is 15.9. The van der Waals surface area contributed by atoms with Gasteiger partial charge in [0.1, 0.15) is 0 Å². The molecule has 0 atom stereocenters. The first-order valence-electron chi connectivity index (χ1n) is 9.09. The van der Waals surface area contributed by atoms with E-state index in [-0.39, 0.29) is 0 Å². The molecule has 4 aromatic rings. The molecule has 4 rings (SSSR count). The van der Waals surface area contributed by atoms with Crippen molar-refractivity contribution in [3.8, 4) is 0 Å². The van der Waals surface area contributed by atoms with E-state index in [1.165, 1.54) is 32.9 Å². The topological polar surface area (TPSA) is 20.7 Å². The van der Waals surface area contributed by atoms with Crippen molar-refractivity contribution in [3.63, 3.8) is 0 Å². The van der Waals surface area contributed by atoms with Gasteiger partial charge in [-0.1, -0.05) is 64.1 Å². The lowest BCUT2D eigenvalue weighted by Crippen LogP contribution is -1.84. The van der Waals surface area contributed by atoms with Gasteiger partial charge in [0.25, 0.3) is 0 Å². The second-order valence-electron chi connectivity index (χ2n) is 7.31. The SMILES string of the molecule is CC(C)c1c[nH]c2ccccc12.CC(C)c1cn(C)c2ccccc12. The maximum Gasteiger partial charge on any atom is 0.0480 e. The molecule has 0 spiro atoms. The molecule has 2 heterocycles. The van der Waals surface area contributed by atoms with Gasteiger partial charge in [0.05, 0.1) is 0 Å². The highest BCUT2D eigenvalue weighted by Crippen LogP contribution is 2.26. The standard InChI is InChI=1S/C12H15N.C11H13N/c1-9(2)11-8-13(3)12-7-5-4-6-10(11)12;1-8(2)10-7-12-11-6-4-3-5-9(10)11/h4-9H,1-3H3;3-8,12H,1-2H3. The van der Waals surface area contributed by atoms with Crippen LogP contribution in [0.1, 0.15) is 50.7 Å². The summed E-state index contributed by atoms with van der Waals surface area (Å²) >= 11 is 0. The van der Waals surface area contributed by atoms with Crippen molar-refractivity contribution in [1.82, 2.24) is 9.55 Å². The molecule has 0 bridgehead atoms. The molecular weight excluding hydrogens is 304 g/mol. The lowest BCUT2D eigenvalue weighted by molar-refractivity contribution is 0.857. The molecule has 2 aromatic heterocycles. The Bertz CT molecular complexity index is 970. The minimum Gasteiger partial charge on any atom is -0.361 e. The fourth-order valence-corrected chi connectivity index (χ4v) is 3.40. The predicted molar refractivity (Wildman–Crippen MR) is 109 cm³/mol. The van der Waals surface area contributed by atoms with Gasteiger partial charge in [0.2, 0.25) is 0 Å². The lowest BCUT2D eigenvalue weighted by atomic mass is 10.0. The highest BCUT2D eigenvalue weighted by atomic mass is 14.9. The van der Waals surface area contributed by atoms with Crippen molar-refractivity contribution in [2.45, 2.75) is 39.5 Å². The fourth-order valence-electron chi connectivity index (χ4n) is 3.40. The van der Waals surface area contributed by atoms with E-state index in [1.807, 2.05) is 0 Å². The Morgan fingerprint density at radius 2 is 1.36 bits per heavy atom. The molecule has 0 radical (unpaired) electrons.